The Kier molecular flexibility index (Phi) is 7.72. The smallest absolute Gasteiger partial charge is 0.262 e. The molecule has 5 rings (SSSR count). The number of fused-ring (bicyclic) bond motifs is 1. The normalized spacial score (nSPS) is 16.7. The molecule has 1 saturated carbocycles. The molecule has 32 heavy (non-hydrogen) atoms. The third-order valence-electron chi connectivity index (χ3n) is 7.12. The lowest BCUT2D eigenvalue weighted by Crippen LogP contribution is -3.00. The average molecular weight is 496 g/mol. The third kappa shape index (κ3) is 4.80. The van der Waals surface area contributed by atoms with Crippen molar-refractivity contribution in [2.24, 2.45) is 0 Å². The second-order valence-corrected chi connectivity index (χ2v) is 9.15. The monoisotopic (exact) mass is 494 g/mol. The molecule has 2 aromatic carbocycles. The zero-order valence-electron chi connectivity index (χ0n) is 19.2. The Bertz CT molecular complexity index is 1000. The van der Waals surface area contributed by atoms with Gasteiger partial charge in [0.25, 0.3) is 5.82 Å². The Balaban J connectivity index is 0.00000245. The number of rotatable bonds is 5. The Hall–Kier alpha value is -2.07. The fourth-order valence-electron chi connectivity index (χ4n) is 5.46. The van der Waals surface area contributed by atoms with Crippen LogP contribution in [0, 0.1) is 0 Å². The molecule has 1 aromatic heterocycles. The molecule has 2 heterocycles. The van der Waals surface area contributed by atoms with Gasteiger partial charge >= 0.3 is 0 Å². The fourth-order valence-corrected chi connectivity index (χ4v) is 5.46. The fraction of sp³-hybridized carbons (Fsp3) is 0.464. The van der Waals surface area contributed by atoms with E-state index in [4.69, 9.17) is 4.74 Å². The van der Waals surface area contributed by atoms with Crippen molar-refractivity contribution in [2.75, 3.05) is 6.61 Å². The summed E-state index contributed by atoms with van der Waals surface area (Å²) >= 11 is 0. The molecule has 0 radical (unpaired) electrons. The van der Waals surface area contributed by atoms with Crippen molar-refractivity contribution in [1.82, 2.24) is 4.57 Å². The second-order valence-electron chi connectivity index (χ2n) is 9.15. The molecule has 1 fully saturated rings. The Morgan fingerprint density at radius 1 is 0.875 bits per heavy atom. The maximum Gasteiger partial charge on any atom is 0.262 e. The van der Waals surface area contributed by atoms with E-state index in [-0.39, 0.29) is 17.0 Å². The summed E-state index contributed by atoms with van der Waals surface area (Å²) in [6.45, 7) is 3.84. The molecule has 1 aliphatic heterocycles. The molecule has 4 heteroatoms. The van der Waals surface area contributed by atoms with Crippen molar-refractivity contribution >= 4 is 0 Å². The van der Waals surface area contributed by atoms with Crippen LogP contribution in [-0.2, 0) is 13.0 Å². The molecule has 170 valence electrons. The number of ether oxygens (including phenoxy) is 1. The van der Waals surface area contributed by atoms with E-state index in [1.54, 1.807) is 0 Å². The first-order valence-corrected chi connectivity index (χ1v) is 12.3. The molecule has 2 aliphatic rings. The van der Waals surface area contributed by atoms with Crippen molar-refractivity contribution in [3.8, 4) is 22.7 Å². The van der Waals surface area contributed by atoms with Gasteiger partial charge in [-0.2, -0.15) is 4.57 Å². The molecule has 0 bridgehead atoms. The highest BCUT2D eigenvalue weighted by Gasteiger charge is 2.27. The molecule has 0 atom stereocenters. The van der Waals surface area contributed by atoms with Crippen LogP contribution in [0.2, 0.25) is 0 Å². The van der Waals surface area contributed by atoms with Crippen LogP contribution in [0.15, 0.2) is 54.7 Å². The standard InChI is InChI=1S/C28H35N2O.BrH/c1-2-31-26-18-16-25(17-19-26)30-21-27(29-20-8-4-7-11-28(29)30)24-14-12-23(13-15-24)22-9-5-3-6-10-22;/h12-19,21-22H,2-11,20H2,1H3;1H/q+1;/p-1. The van der Waals surface area contributed by atoms with Gasteiger partial charge in [-0.25, -0.2) is 4.57 Å². The lowest BCUT2D eigenvalue weighted by atomic mass is 9.84. The second kappa shape index (κ2) is 10.7. The number of halogens is 1. The van der Waals surface area contributed by atoms with Gasteiger partial charge < -0.3 is 21.7 Å². The first-order valence-electron chi connectivity index (χ1n) is 12.3. The lowest BCUT2D eigenvalue weighted by molar-refractivity contribution is -0.692. The number of hydrogen-bond acceptors (Lipinski definition) is 1. The number of hydrogen-bond donors (Lipinski definition) is 0. The topological polar surface area (TPSA) is 18.0 Å². The maximum absolute atomic E-state index is 5.65. The minimum atomic E-state index is 0. The molecular weight excluding hydrogens is 460 g/mol. The van der Waals surface area contributed by atoms with Gasteiger partial charge in [-0.05, 0) is 74.8 Å². The van der Waals surface area contributed by atoms with Crippen LogP contribution < -0.4 is 26.3 Å². The highest BCUT2D eigenvalue weighted by Crippen LogP contribution is 2.33. The van der Waals surface area contributed by atoms with Gasteiger partial charge in [-0.15, -0.1) is 0 Å². The van der Waals surface area contributed by atoms with Crippen LogP contribution in [0.5, 0.6) is 5.75 Å². The highest BCUT2D eigenvalue weighted by molar-refractivity contribution is 5.57. The van der Waals surface area contributed by atoms with Gasteiger partial charge in [0.15, 0.2) is 5.69 Å². The minimum absolute atomic E-state index is 0. The van der Waals surface area contributed by atoms with Crippen LogP contribution in [0.3, 0.4) is 0 Å². The molecule has 3 aromatic rings. The van der Waals surface area contributed by atoms with E-state index in [9.17, 15) is 0 Å². The van der Waals surface area contributed by atoms with Crippen molar-refractivity contribution in [3.05, 3.63) is 66.1 Å². The third-order valence-corrected chi connectivity index (χ3v) is 7.12. The van der Waals surface area contributed by atoms with E-state index in [0.29, 0.717) is 6.61 Å². The Morgan fingerprint density at radius 3 is 2.31 bits per heavy atom. The molecule has 0 amide bonds. The van der Waals surface area contributed by atoms with Crippen LogP contribution >= 0.6 is 0 Å². The van der Waals surface area contributed by atoms with Crippen molar-refractivity contribution in [2.45, 2.75) is 77.2 Å². The lowest BCUT2D eigenvalue weighted by Gasteiger charge is -2.22. The summed E-state index contributed by atoms with van der Waals surface area (Å²) in [5.74, 6) is 3.13. The van der Waals surface area contributed by atoms with E-state index < -0.39 is 0 Å². The van der Waals surface area contributed by atoms with Crippen molar-refractivity contribution < 1.29 is 26.3 Å². The minimum Gasteiger partial charge on any atom is -1.00 e. The zero-order chi connectivity index (χ0) is 21.0. The van der Waals surface area contributed by atoms with Gasteiger partial charge in [0.2, 0.25) is 0 Å². The largest absolute Gasteiger partial charge is 1.00 e. The first kappa shape index (κ1) is 23.1. The predicted molar refractivity (Wildman–Crippen MR) is 126 cm³/mol. The van der Waals surface area contributed by atoms with Crippen LogP contribution in [0.1, 0.15) is 75.6 Å². The average Bonchev–Trinajstić information content (AvgIpc) is 3.01. The van der Waals surface area contributed by atoms with E-state index in [0.717, 1.165) is 24.6 Å². The van der Waals surface area contributed by atoms with Crippen LogP contribution in [0.4, 0.5) is 0 Å². The zero-order valence-corrected chi connectivity index (χ0v) is 20.8. The molecule has 1 aliphatic carbocycles. The van der Waals surface area contributed by atoms with Gasteiger partial charge in [0.05, 0.1) is 13.2 Å². The van der Waals surface area contributed by atoms with Crippen LogP contribution in [-0.4, -0.2) is 11.2 Å². The Morgan fingerprint density at radius 2 is 1.59 bits per heavy atom. The van der Waals surface area contributed by atoms with E-state index >= 15 is 0 Å². The summed E-state index contributed by atoms with van der Waals surface area (Å²) in [5.41, 5.74) is 5.44. The molecule has 0 N–H and O–H groups in total. The van der Waals surface area contributed by atoms with Crippen molar-refractivity contribution in [3.63, 3.8) is 0 Å². The Labute approximate surface area is 203 Å². The quantitative estimate of drug-likeness (QED) is 0.495. The molecule has 0 unspecified atom stereocenters. The number of nitrogens with zero attached hydrogens (tertiary/aromatic N) is 2. The first-order chi connectivity index (χ1) is 15.3. The molecule has 0 saturated heterocycles. The van der Waals surface area contributed by atoms with E-state index in [1.165, 1.54) is 79.7 Å². The van der Waals surface area contributed by atoms with E-state index in [2.05, 4.69) is 63.9 Å². The number of benzene rings is 2. The van der Waals surface area contributed by atoms with Gasteiger partial charge in [0.1, 0.15) is 17.6 Å². The van der Waals surface area contributed by atoms with Gasteiger partial charge in [-0.1, -0.05) is 43.5 Å². The summed E-state index contributed by atoms with van der Waals surface area (Å²) in [6, 6.07) is 18.1. The number of imidazole rings is 1. The summed E-state index contributed by atoms with van der Waals surface area (Å²) in [4.78, 5) is 0. The molecule has 3 nitrogen and oxygen atoms in total. The van der Waals surface area contributed by atoms with Crippen molar-refractivity contribution in [1.29, 1.82) is 0 Å². The summed E-state index contributed by atoms with van der Waals surface area (Å²) in [6.07, 6.45) is 14.2. The molecular formula is C28H35BrN2O. The van der Waals surface area contributed by atoms with Crippen LogP contribution in [0.25, 0.3) is 16.9 Å². The molecule has 0 spiro atoms. The number of aromatic nitrogens is 2. The highest BCUT2D eigenvalue weighted by atomic mass is 79.9. The summed E-state index contributed by atoms with van der Waals surface area (Å²) in [7, 11) is 0. The van der Waals surface area contributed by atoms with Gasteiger partial charge in [-0.3, -0.25) is 0 Å². The summed E-state index contributed by atoms with van der Waals surface area (Å²) in [5, 5.41) is 0. The van der Waals surface area contributed by atoms with E-state index in [1.807, 2.05) is 6.92 Å². The summed E-state index contributed by atoms with van der Waals surface area (Å²) < 4.78 is 10.6. The SMILES string of the molecule is CCOc1ccc(-n2cc(-c3ccc(C4CCCCC4)cc3)[n+]3c2CCCCC3)cc1.[Br-]. The van der Waals surface area contributed by atoms with Gasteiger partial charge in [0, 0.05) is 12.0 Å². The maximum atomic E-state index is 5.65. The predicted octanol–water partition coefficient (Wildman–Crippen LogP) is 3.61.